The zero-order valence-corrected chi connectivity index (χ0v) is 12.4. The summed E-state index contributed by atoms with van der Waals surface area (Å²) in [6.07, 6.45) is 3.46. The number of aliphatic imine (C=N–C) groups is 1. The second kappa shape index (κ2) is 3.73. The van der Waals surface area contributed by atoms with E-state index in [9.17, 15) is 0 Å². The summed E-state index contributed by atoms with van der Waals surface area (Å²) in [5, 5.41) is 0. The van der Waals surface area contributed by atoms with Crippen molar-refractivity contribution in [3.8, 4) is 5.75 Å². The standard InChI is InChI=1S/C17H19NO2/c1-9-5-10(2)18-13-8-12-14(7-11(13)6-9)20-17(3,4)16-15(12)19-16/h5,7-8,15-16H,6H2,1-4H3. The maximum Gasteiger partial charge on any atom is 0.132 e. The molecular weight excluding hydrogens is 250 g/mol. The number of benzene rings is 1. The first-order chi connectivity index (χ1) is 9.44. The molecule has 1 aromatic rings. The van der Waals surface area contributed by atoms with Crippen LogP contribution in [0.3, 0.4) is 0 Å². The number of ether oxygens (including phenoxy) is 2. The van der Waals surface area contributed by atoms with Crippen LogP contribution in [0.25, 0.3) is 0 Å². The highest BCUT2D eigenvalue weighted by Crippen LogP contribution is 2.55. The maximum absolute atomic E-state index is 6.15. The van der Waals surface area contributed by atoms with Crippen LogP contribution in [0.1, 0.15) is 44.9 Å². The van der Waals surface area contributed by atoms with Crippen molar-refractivity contribution in [3.05, 3.63) is 34.9 Å². The molecule has 0 bridgehead atoms. The number of hydrogen-bond acceptors (Lipinski definition) is 3. The molecule has 1 aromatic carbocycles. The van der Waals surface area contributed by atoms with Crippen molar-refractivity contribution in [1.82, 2.24) is 0 Å². The molecule has 3 heteroatoms. The minimum Gasteiger partial charge on any atom is -0.485 e. The molecule has 0 N–H and O–H groups in total. The molecule has 4 rings (SSSR count). The lowest BCUT2D eigenvalue weighted by atomic mass is 9.92. The molecule has 2 atom stereocenters. The Hall–Kier alpha value is -1.61. The molecule has 2 unspecified atom stereocenters. The fourth-order valence-electron chi connectivity index (χ4n) is 3.33. The SMILES string of the molecule is CC1=CC(C)=Nc2cc3c(cc2C1)OC(C)(C)C1OC31. The van der Waals surface area contributed by atoms with Gasteiger partial charge in [-0.25, -0.2) is 0 Å². The summed E-state index contributed by atoms with van der Waals surface area (Å²) in [7, 11) is 0. The lowest BCUT2D eigenvalue weighted by Gasteiger charge is -2.30. The van der Waals surface area contributed by atoms with Gasteiger partial charge < -0.3 is 9.47 Å². The molecule has 3 heterocycles. The van der Waals surface area contributed by atoms with Crippen molar-refractivity contribution >= 4 is 11.4 Å². The van der Waals surface area contributed by atoms with Crippen LogP contribution in [-0.4, -0.2) is 17.4 Å². The summed E-state index contributed by atoms with van der Waals surface area (Å²) in [6.45, 7) is 8.39. The van der Waals surface area contributed by atoms with E-state index in [0.717, 1.165) is 29.1 Å². The van der Waals surface area contributed by atoms with Gasteiger partial charge in [0, 0.05) is 11.3 Å². The van der Waals surface area contributed by atoms with E-state index in [2.05, 4.69) is 39.0 Å². The van der Waals surface area contributed by atoms with Crippen molar-refractivity contribution in [3.63, 3.8) is 0 Å². The number of epoxide rings is 1. The minimum absolute atomic E-state index is 0.184. The van der Waals surface area contributed by atoms with Crippen LogP contribution in [0.5, 0.6) is 5.75 Å². The quantitative estimate of drug-likeness (QED) is 0.669. The van der Waals surface area contributed by atoms with E-state index in [-0.39, 0.29) is 17.8 Å². The summed E-state index contributed by atoms with van der Waals surface area (Å²) < 4.78 is 12.0. The average Bonchev–Trinajstić information content (AvgIpc) is 3.10. The third kappa shape index (κ3) is 1.73. The van der Waals surface area contributed by atoms with E-state index in [1.807, 2.05) is 6.92 Å². The topological polar surface area (TPSA) is 34.1 Å². The highest BCUT2D eigenvalue weighted by Gasteiger charge is 2.56. The zero-order chi connectivity index (χ0) is 14.1. The van der Waals surface area contributed by atoms with Gasteiger partial charge in [0.2, 0.25) is 0 Å². The Labute approximate surface area is 119 Å². The van der Waals surface area contributed by atoms with Gasteiger partial charge in [0.15, 0.2) is 0 Å². The highest BCUT2D eigenvalue weighted by atomic mass is 16.6. The summed E-state index contributed by atoms with van der Waals surface area (Å²) >= 11 is 0. The minimum atomic E-state index is -0.235. The molecule has 104 valence electrons. The van der Waals surface area contributed by atoms with Crippen molar-refractivity contribution in [2.45, 2.75) is 51.9 Å². The van der Waals surface area contributed by atoms with E-state index in [1.54, 1.807) is 0 Å². The van der Waals surface area contributed by atoms with Gasteiger partial charge in [0.1, 0.15) is 23.6 Å². The van der Waals surface area contributed by atoms with E-state index in [4.69, 9.17) is 14.5 Å². The molecule has 0 spiro atoms. The van der Waals surface area contributed by atoms with Gasteiger partial charge in [-0.05, 0) is 57.9 Å². The molecule has 1 fully saturated rings. The third-order valence-electron chi connectivity index (χ3n) is 4.29. The first-order valence-electron chi connectivity index (χ1n) is 7.18. The van der Waals surface area contributed by atoms with Gasteiger partial charge in [-0.2, -0.15) is 0 Å². The Bertz CT molecular complexity index is 670. The van der Waals surface area contributed by atoms with Gasteiger partial charge in [-0.15, -0.1) is 0 Å². The van der Waals surface area contributed by atoms with Crippen molar-refractivity contribution < 1.29 is 9.47 Å². The Morgan fingerprint density at radius 1 is 1.25 bits per heavy atom. The average molecular weight is 269 g/mol. The molecule has 0 aliphatic carbocycles. The molecular formula is C17H19NO2. The molecule has 3 aliphatic rings. The van der Waals surface area contributed by atoms with Gasteiger partial charge in [-0.1, -0.05) is 5.57 Å². The first kappa shape index (κ1) is 12.2. The lowest BCUT2D eigenvalue weighted by molar-refractivity contribution is 0.0725. The number of nitrogens with zero attached hydrogens (tertiary/aromatic N) is 1. The molecule has 0 aromatic heterocycles. The van der Waals surface area contributed by atoms with Crippen molar-refractivity contribution in [2.24, 2.45) is 4.99 Å². The first-order valence-corrected chi connectivity index (χ1v) is 7.18. The number of hydrogen-bond donors (Lipinski definition) is 0. The molecule has 3 aliphatic heterocycles. The van der Waals surface area contributed by atoms with E-state index in [0.29, 0.717) is 0 Å². The normalized spacial score (nSPS) is 29.0. The third-order valence-corrected chi connectivity index (χ3v) is 4.29. The number of fused-ring (bicyclic) bond motifs is 4. The van der Waals surface area contributed by atoms with Crippen LogP contribution in [0.4, 0.5) is 5.69 Å². The number of allylic oxidation sites excluding steroid dienone is 2. The van der Waals surface area contributed by atoms with Crippen molar-refractivity contribution in [1.29, 1.82) is 0 Å². The fourth-order valence-corrected chi connectivity index (χ4v) is 3.33. The molecule has 0 amide bonds. The Morgan fingerprint density at radius 3 is 2.85 bits per heavy atom. The van der Waals surface area contributed by atoms with Crippen LogP contribution in [0.2, 0.25) is 0 Å². The second-order valence-electron chi connectivity index (χ2n) is 6.62. The van der Waals surface area contributed by atoms with Gasteiger partial charge >= 0.3 is 0 Å². The smallest absolute Gasteiger partial charge is 0.132 e. The monoisotopic (exact) mass is 269 g/mol. The fraction of sp³-hybridized carbons (Fsp3) is 0.471. The number of rotatable bonds is 0. The molecule has 1 saturated heterocycles. The summed E-state index contributed by atoms with van der Waals surface area (Å²) in [4.78, 5) is 4.72. The molecule has 3 nitrogen and oxygen atoms in total. The predicted molar refractivity (Wildman–Crippen MR) is 79.0 cm³/mol. The highest BCUT2D eigenvalue weighted by molar-refractivity contribution is 5.96. The van der Waals surface area contributed by atoms with Gasteiger partial charge in [0.05, 0.1) is 5.69 Å². The molecule has 0 saturated carbocycles. The van der Waals surface area contributed by atoms with E-state index in [1.165, 1.54) is 11.1 Å². The maximum atomic E-state index is 6.15. The van der Waals surface area contributed by atoms with Crippen LogP contribution in [0, 0.1) is 0 Å². The van der Waals surface area contributed by atoms with Crippen LogP contribution >= 0.6 is 0 Å². The summed E-state index contributed by atoms with van der Waals surface area (Å²) in [5.74, 6) is 0.968. The Kier molecular flexibility index (Phi) is 2.27. The van der Waals surface area contributed by atoms with E-state index >= 15 is 0 Å². The van der Waals surface area contributed by atoms with Gasteiger partial charge in [0.25, 0.3) is 0 Å². The zero-order valence-electron chi connectivity index (χ0n) is 12.4. The van der Waals surface area contributed by atoms with Crippen LogP contribution in [0.15, 0.2) is 28.8 Å². The largest absolute Gasteiger partial charge is 0.485 e. The Balaban J connectivity index is 1.85. The summed E-state index contributed by atoms with van der Waals surface area (Å²) in [6, 6.07) is 4.31. The van der Waals surface area contributed by atoms with E-state index < -0.39 is 0 Å². The Morgan fingerprint density at radius 2 is 2.05 bits per heavy atom. The van der Waals surface area contributed by atoms with Crippen molar-refractivity contribution in [2.75, 3.05) is 0 Å². The molecule has 0 radical (unpaired) electrons. The molecule has 20 heavy (non-hydrogen) atoms. The van der Waals surface area contributed by atoms with Crippen LogP contribution < -0.4 is 4.74 Å². The predicted octanol–water partition coefficient (Wildman–Crippen LogP) is 3.89. The van der Waals surface area contributed by atoms with Crippen LogP contribution in [-0.2, 0) is 11.2 Å². The van der Waals surface area contributed by atoms with Gasteiger partial charge in [-0.3, -0.25) is 4.99 Å². The second-order valence-corrected chi connectivity index (χ2v) is 6.62. The summed E-state index contributed by atoms with van der Waals surface area (Å²) in [5.41, 5.74) is 5.62. The lowest BCUT2D eigenvalue weighted by Crippen LogP contribution is -2.37.